The molecule has 0 unspecified atom stereocenters. The van der Waals surface area contributed by atoms with Crippen molar-refractivity contribution in [1.29, 1.82) is 5.26 Å². The van der Waals surface area contributed by atoms with Crippen LogP contribution in [0, 0.1) is 11.3 Å². The van der Waals surface area contributed by atoms with Gasteiger partial charge >= 0.3 is 0 Å². The van der Waals surface area contributed by atoms with Crippen LogP contribution in [0.5, 0.6) is 11.5 Å². The van der Waals surface area contributed by atoms with E-state index in [1.807, 2.05) is 6.07 Å². The van der Waals surface area contributed by atoms with Crippen LogP contribution in [-0.4, -0.2) is 12.1 Å². The van der Waals surface area contributed by atoms with Crippen LogP contribution in [0.2, 0.25) is 5.15 Å². The normalized spacial score (nSPS) is 9.74. The number of hydrogen-bond donors (Lipinski definition) is 0. The van der Waals surface area contributed by atoms with E-state index in [-0.39, 0.29) is 0 Å². The third-order valence-electron chi connectivity index (χ3n) is 2.49. The Balaban J connectivity index is 2.07. The highest BCUT2D eigenvalue weighted by Crippen LogP contribution is 2.20. The van der Waals surface area contributed by atoms with Gasteiger partial charge in [-0.1, -0.05) is 17.7 Å². The summed E-state index contributed by atoms with van der Waals surface area (Å²) >= 11 is 5.69. The van der Waals surface area contributed by atoms with Gasteiger partial charge in [-0.2, -0.15) is 5.26 Å². The molecule has 0 N–H and O–H groups in total. The molecule has 0 bridgehead atoms. The third-order valence-corrected chi connectivity index (χ3v) is 2.72. The zero-order chi connectivity index (χ0) is 13.7. The standard InChI is InChI=1S/C14H11ClN2O2/c1-18-13-6-10(2-3-11(13)7-16)9-19-12-4-5-14(15)17-8-12/h2-6,8H,9H2,1H3. The van der Waals surface area contributed by atoms with Crippen molar-refractivity contribution in [2.45, 2.75) is 6.61 Å². The largest absolute Gasteiger partial charge is 0.495 e. The summed E-state index contributed by atoms with van der Waals surface area (Å²) in [4.78, 5) is 3.93. The highest BCUT2D eigenvalue weighted by atomic mass is 35.5. The SMILES string of the molecule is COc1cc(COc2ccc(Cl)nc2)ccc1C#N. The van der Waals surface area contributed by atoms with E-state index in [0.717, 1.165) is 5.56 Å². The maximum absolute atomic E-state index is 8.89. The van der Waals surface area contributed by atoms with E-state index < -0.39 is 0 Å². The summed E-state index contributed by atoms with van der Waals surface area (Å²) in [6, 6.07) is 10.8. The molecule has 96 valence electrons. The first kappa shape index (κ1) is 13.2. The molecule has 0 spiro atoms. The van der Waals surface area contributed by atoms with Gasteiger partial charge in [-0.15, -0.1) is 0 Å². The van der Waals surface area contributed by atoms with Crippen LogP contribution in [0.25, 0.3) is 0 Å². The molecule has 0 radical (unpaired) electrons. The van der Waals surface area contributed by atoms with Gasteiger partial charge in [-0.3, -0.25) is 0 Å². The molecule has 1 heterocycles. The fraction of sp³-hybridized carbons (Fsp3) is 0.143. The lowest BCUT2D eigenvalue weighted by atomic mass is 10.1. The zero-order valence-electron chi connectivity index (χ0n) is 10.3. The number of halogens is 1. The monoisotopic (exact) mass is 274 g/mol. The van der Waals surface area contributed by atoms with Crippen molar-refractivity contribution in [1.82, 2.24) is 4.98 Å². The van der Waals surface area contributed by atoms with E-state index >= 15 is 0 Å². The van der Waals surface area contributed by atoms with E-state index in [1.165, 1.54) is 7.11 Å². The fourth-order valence-electron chi connectivity index (χ4n) is 1.53. The predicted octanol–water partition coefficient (Wildman–Crippen LogP) is 3.19. The van der Waals surface area contributed by atoms with Gasteiger partial charge in [0.25, 0.3) is 0 Å². The molecule has 2 aromatic rings. The van der Waals surface area contributed by atoms with Crippen molar-refractivity contribution < 1.29 is 9.47 Å². The second-order valence-electron chi connectivity index (χ2n) is 3.75. The van der Waals surface area contributed by atoms with Crippen molar-refractivity contribution in [3.8, 4) is 17.6 Å². The predicted molar refractivity (Wildman–Crippen MR) is 71.3 cm³/mol. The first-order valence-corrected chi connectivity index (χ1v) is 5.92. The van der Waals surface area contributed by atoms with Gasteiger partial charge < -0.3 is 9.47 Å². The lowest BCUT2D eigenvalue weighted by Crippen LogP contribution is -1.97. The Hall–Kier alpha value is -2.25. The first-order chi connectivity index (χ1) is 9.22. The Morgan fingerprint density at radius 3 is 2.79 bits per heavy atom. The highest BCUT2D eigenvalue weighted by molar-refractivity contribution is 6.29. The number of rotatable bonds is 4. The molecular weight excluding hydrogens is 264 g/mol. The van der Waals surface area contributed by atoms with Crippen LogP contribution in [-0.2, 0) is 6.61 Å². The van der Waals surface area contributed by atoms with Crippen LogP contribution in [0.3, 0.4) is 0 Å². The highest BCUT2D eigenvalue weighted by Gasteiger charge is 2.04. The minimum atomic E-state index is 0.366. The lowest BCUT2D eigenvalue weighted by Gasteiger charge is -2.08. The summed E-state index contributed by atoms with van der Waals surface area (Å²) in [6.07, 6.45) is 1.56. The molecule has 5 heteroatoms. The molecule has 0 fully saturated rings. The zero-order valence-corrected chi connectivity index (χ0v) is 11.0. The van der Waals surface area contributed by atoms with Crippen LogP contribution in [0.15, 0.2) is 36.5 Å². The Labute approximate surface area is 116 Å². The minimum Gasteiger partial charge on any atom is -0.495 e. The van der Waals surface area contributed by atoms with Crippen molar-refractivity contribution in [3.05, 3.63) is 52.8 Å². The molecule has 0 saturated heterocycles. The maximum atomic E-state index is 8.89. The Morgan fingerprint density at radius 1 is 1.32 bits per heavy atom. The smallest absolute Gasteiger partial charge is 0.138 e. The third kappa shape index (κ3) is 3.36. The number of pyridine rings is 1. The van der Waals surface area contributed by atoms with Gasteiger partial charge in [0.05, 0.1) is 18.9 Å². The van der Waals surface area contributed by atoms with Gasteiger partial charge in [0.2, 0.25) is 0 Å². The molecule has 2 rings (SSSR count). The fourth-order valence-corrected chi connectivity index (χ4v) is 1.64. The van der Waals surface area contributed by atoms with Gasteiger partial charge in [-0.05, 0) is 29.8 Å². The summed E-state index contributed by atoms with van der Waals surface area (Å²) < 4.78 is 10.7. The maximum Gasteiger partial charge on any atom is 0.138 e. The molecule has 19 heavy (non-hydrogen) atoms. The Kier molecular flexibility index (Phi) is 4.22. The van der Waals surface area contributed by atoms with Gasteiger partial charge in [-0.25, -0.2) is 4.98 Å². The number of methoxy groups -OCH3 is 1. The number of ether oxygens (including phenoxy) is 2. The van der Waals surface area contributed by atoms with Crippen LogP contribution in [0.4, 0.5) is 0 Å². The average molecular weight is 275 g/mol. The van der Waals surface area contributed by atoms with Crippen molar-refractivity contribution in [3.63, 3.8) is 0 Å². The van der Waals surface area contributed by atoms with Crippen LogP contribution >= 0.6 is 11.6 Å². The molecule has 4 nitrogen and oxygen atoms in total. The summed E-state index contributed by atoms with van der Waals surface area (Å²) in [5.74, 6) is 1.17. The summed E-state index contributed by atoms with van der Waals surface area (Å²) in [5, 5.41) is 9.32. The van der Waals surface area contributed by atoms with Gasteiger partial charge in [0.1, 0.15) is 29.3 Å². The quantitative estimate of drug-likeness (QED) is 0.804. The molecular formula is C14H11ClN2O2. The molecule has 0 saturated carbocycles. The molecule has 1 aromatic heterocycles. The van der Waals surface area contributed by atoms with Crippen LogP contribution < -0.4 is 9.47 Å². The second-order valence-corrected chi connectivity index (χ2v) is 4.14. The Morgan fingerprint density at radius 2 is 2.16 bits per heavy atom. The topological polar surface area (TPSA) is 55.1 Å². The summed E-state index contributed by atoms with van der Waals surface area (Å²) in [5.41, 5.74) is 1.41. The number of benzene rings is 1. The van der Waals surface area contributed by atoms with Gasteiger partial charge in [0.15, 0.2) is 0 Å². The Bertz CT molecular complexity index is 606. The van der Waals surface area contributed by atoms with E-state index in [9.17, 15) is 0 Å². The van der Waals surface area contributed by atoms with Crippen molar-refractivity contribution in [2.75, 3.05) is 7.11 Å². The number of aromatic nitrogens is 1. The molecule has 1 aromatic carbocycles. The summed E-state index contributed by atoms with van der Waals surface area (Å²) in [6.45, 7) is 0.366. The molecule has 0 atom stereocenters. The van der Waals surface area contributed by atoms with E-state index in [0.29, 0.717) is 28.8 Å². The second kappa shape index (κ2) is 6.07. The van der Waals surface area contributed by atoms with Crippen LogP contribution in [0.1, 0.15) is 11.1 Å². The first-order valence-electron chi connectivity index (χ1n) is 5.54. The number of hydrogen-bond acceptors (Lipinski definition) is 4. The van der Waals surface area contributed by atoms with Crippen molar-refractivity contribution >= 4 is 11.6 Å². The molecule has 0 aliphatic heterocycles. The number of nitriles is 1. The summed E-state index contributed by atoms with van der Waals surface area (Å²) in [7, 11) is 1.53. The molecule has 0 amide bonds. The lowest BCUT2D eigenvalue weighted by molar-refractivity contribution is 0.304. The molecule has 0 aliphatic carbocycles. The average Bonchev–Trinajstić information content (AvgIpc) is 2.46. The minimum absolute atomic E-state index is 0.366. The van der Waals surface area contributed by atoms with E-state index in [2.05, 4.69) is 11.1 Å². The molecule has 0 aliphatic rings. The van der Waals surface area contributed by atoms with Crippen molar-refractivity contribution in [2.24, 2.45) is 0 Å². The van der Waals surface area contributed by atoms with E-state index in [4.69, 9.17) is 26.3 Å². The number of nitrogens with zero attached hydrogens (tertiary/aromatic N) is 2. The van der Waals surface area contributed by atoms with E-state index in [1.54, 1.807) is 30.5 Å². The van der Waals surface area contributed by atoms with Gasteiger partial charge in [0, 0.05) is 0 Å².